The number of H-pyrrole nitrogens is 1. The maximum atomic E-state index is 14.7. The van der Waals surface area contributed by atoms with Crippen molar-refractivity contribution in [1.82, 2.24) is 15.0 Å². The van der Waals surface area contributed by atoms with Gasteiger partial charge in [-0.15, -0.1) is 0 Å². The minimum atomic E-state index is -0.566. The van der Waals surface area contributed by atoms with Crippen molar-refractivity contribution in [3.05, 3.63) is 66.4 Å². The number of halogens is 1. The zero-order valence-electron chi connectivity index (χ0n) is 15.8. The van der Waals surface area contributed by atoms with Crippen molar-refractivity contribution in [2.24, 2.45) is 0 Å². The number of carbonyl (C=O) groups is 1. The molecule has 4 aromatic rings. The van der Waals surface area contributed by atoms with Crippen molar-refractivity contribution in [3.8, 4) is 17.0 Å². The van der Waals surface area contributed by atoms with Gasteiger partial charge < -0.3 is 20.4 Å². The molecule has 8 heteroatoms. The Bertz CT molecular complexity index is 1200. The summed E-state index contributed by atoms with van der Waals surface area (Å²) in [6.07, 6.45) is 3.26. The van der Waals surface area contributed by atoms with Crippen LogP contribution in [0, 0.1) is 12.7 Å². The van der Waals surface area contributed by atoms with Crippen LogP contribution < -0.4 is 15.4 Å². The molecule has 4 rings (SSSR count). The number of aryl methyl sites for hydroxylation is 1. The highest BCUT2D eigenvalue weighted by Crippen LogP contribution is 2.30. The van der Waals surface area contributed by atoms with Gasteiger partial charge in [-0.1, -0.05) is 12.1 Å². The molecule has 2 aromatic heterocycles. The number of aromatic nitrogens is 3. The molecular weight excluding hydrogens is 373 g/mol. The topological polar surface area (TPSA) is 91.9 Å². The average molecular weight is 391 g/mol. The standard InChI is InChI=1S/C21H18FN5O2/c1-12-10-23-20-18(12)19(24-11-25-20)13-6-7-17(16(22)8-13)27-21(28)26-14-4-3-5-15(9-14)29-2/h3-11H,1-2H3,(H,23,24,25)(H2,26,27,28). The summed E-state index contributed by atoms with van der Waals surface area (Å²) in [6, 6.07) is 10.9. The summed E-state index contributed by atoms with van der Waals surface area (Å²) < 4.78 is 19.8. The molecule has 0 bridgehead atoms. The molecule has 0 atom stereocenters. The van der Waals surface area contributed by atoms with E-state index in [0.717, 1.165) is 10.9 Å². The molecule has 0 saturated heterocycles. The number of hydrogen-bond acceptors (Lipinski definition) is 4. The van der Waals surface area contributed by atoms with E-state index in [1.165, 1.54) is 25.6 Å². The second-order valence-electron chi connectivity index (χ2n) is 6.42. The van der Waals surface area contributed by atoms with Gasteiger partial charge in [-0.3, -0.25) is 0 Å². The van der Waals surface area contributed by atoms with Gasteiger partial charge in [-0.25, -0.2) is 19.2 Å². The summed E-state index contributed by atoms with van der Waals surface area (Å²) in [5.74, 6) is 0.0396. The van der Waals surface area contributed by atoms with Crippen LogP contribution in [-0.2, 0) is 0 Å². The molecule has 7 nitrogen and oxygen atoms in total. The van der Waals surface area contributed by atoms with Crippen molar-refractivity contribution >= 4 is 28.4 Å². The molecule has 2 amide bonds. The Kier molecular flexibility index (Phi) is 4.82. The third-order valence-electron chi connectivity index (χ3n) is 4.49. The molecule has 0 fully saturated rings. The van der Waals surface area contributed by atoms with Gasteiger partial charge in [0, 0.05) is 28.9 Å². The van der Waals surface area contributed by atoms with Gasteiger partial charge in [0.1, 0.15) is 23.5 Å². The van der Waals surface area contributed by atoms with Gasteiger partial charge in [0.15, 0.2) is 0 Å². The quantitative estimate of drug-likeness (QED) is 0.469. The fourth-order valence-corrected chi connectivity index (χ4v) is 3.09. The highest BCUT2D eigenvalue weighted by molar-refractivity contribution is 6.00. The van der Waals surface area contributed by atoms with E-state index in [9.17, 15) is 9.18 Å². The van der Waals surface area contributed by atoms with Gasteiger partial charge in [-0.05, 0) is 36.8 Å². The number of rotatable bonds is 4. The molecule has 29 heavy (non-hydrogen) atoms. The summed E-state index contributed by atoms with van der Waals surface area (Å²) in [4.78, 5) is 23.8. The second kappa shape index (κ2) is 7.59. The molecule has 0 saturated carbocycles. The summed E-state index contributed by atoms with van der Waals surface area (Å²) in [5, 5.41) is 6.00. The zero-order valence-corrected chi connectivity index (χ0v) is 15.8. The number of benzene rings is 2. The normalized spacial score (nSPS) is 10.7. The summed E-state index contributed by atoms with van der Waals surface area (Å²) >= 11 is 0. The van der Waals surface area contributed by atoms with Gasteiger partial charge in [-0.2, -0.15) is 0 Å². The molecule has 0 aliphatic rings. The van der Waals surface area contributed by atoms with E-state index < -0.39 is 11.8 Å². The third-order valence-corrected chi connectivity index (χ3v) is 4.49. The second-order valence-corrected chi connectivity index (χ2v) is 6.42. The van der Waals surface area contributed by atoms with Gasteiger partial charge in [0.05, 0.1) is 18.5 Å². The number of nitrogens with zero attached hydrogens (tertiary/aromatic N) is 2. The maximum Gasteiger partial charge on any atom is 0.323 e. The largest absolute Gasteiger partial charge is 0.497 e. The Hall–Kier alpha value is -3.94. The lowest BCUT2D eigenvalue weighted by Gasteiger charge is -2.11. The molecule has 3 N–H and O–H groups in total. The zero-order chi connectivity index (χ0) is 20.4. The lowest BCUT2D eigenvalue weighted by Crippen LogP contribution is -2.20. The third kappa shape index (κ3) is 3.73. The predicted octanol–water partition coefficient (Wildman–Crippen LogP) is 4.73. The Morgan fingerprint density at radius 3 is 2.79 bits per heavy atom. The fourth-order valence-electron chi connectivity index (χ4n) is 3.09. The highest BCUT2D eigenvalue weighted by Gasteiger charge is 2.14. The number of ether oxygens (including phenoxy) is 1. The van der Waals surface area contributed by atoms with Crippen LogP contribution in [0.4, 0.5) is 20.6 Å². The van der Waals surface area contributed by atoms with Crippen molar-refractivity contribution in [3.63, 3.8) is 0 Å². The van der Waals surface area contributed by atoms with Gasteiger partial charge in [0.2, 0.25) is 0 Å². The molecule has 0 aliphatic heterocycles. The van der Waals surface area contributed by atoms with E-state index in [2.05, 4.69) is 25.6 Å². The minimum absolute atomic E-state index is 0.0604. The number of methoxy groups -OCH3 is 1. The number of amides is 2. The lowest BCUT2D eigenvalue weighted by atomic mass is 10.1. The Morgan fingerprint density at radius 1 is 1.14 bits per heavy atom. The van der Waals surface area contributed by atoms with E-state index in [4.69, 9.17) is 4.74 Å². The SMILES string of the molecule is COc1cccc(NC(=O)Nc2ccc(-c3ncnc4[nH]cc(C)c34)cc2F)c1. The van der Waals surface area contributed by atoms with Crippen LogP contribution in [0.25, 0.3) is 22.3 Å². The first-order valence-electron chi connectivity index (χ1n) is 8.86. The first-order valence-corrected chi connectivity index (χ1v) is 8.86. The summed E-state index contributed by atoms with van der Waals surface area (Å²) in [5.41, 5.74) is 3.47. The number of anilines is 2. The van der Waals surface area contributed by atoms with E-state index in [0.29, 0.717) is 28.3 Å². The minimum Gasteiger partial charge on any atom is -0.497 e. The number of fused-ring (bicyclic) bond motifs is 1. The van der Waals surface area contributed by atoms with Crippen LogP contribution in [0.15, 0.2) is 55.0 Å². The monoisotopic (exact) mass is 391 g/mol. The molecule has 0 unspecified atom stereocenters. The smallest absolute Gasteiger partial charge is 0.323 e. The van der Waals surface area contributed by atoms with Crippen LogP contribution in [-0.4, -0.2) is 28.1 Å². The average Bonchev–Trinajstić information content (AvgIpc) is 3.11. The van der Waals surface area contributed by atoms with E-state index in [-0.39, 0.29) is 5.69 Å². The number of aromatic amines is 1. The Balaban J connectivity index is 1.55. The predicted molar refractivity (Wildman–Crippen MR) is 110 cm³/mol. The molecule has 0 spiro atoms. The molecule has 0 radical (unpaired) electrons. The Labute approximate surface area is 166 Å². The number of nitrogens with one attached hydrogen (secondary N) is 3. The fraction of sp³-hybridized carbons (Fsp3) is 0.0952. The van der Waals surface area contributed by atoms with Crippen LogP contribution in [0.3, 0.4) is 0 Å². The van der Waals surface area contributed by atoms with E-state index in [1.54, 1.807) is 30.3 Å². The van der Waals surface area contributed by atoms with Crippen LogP contribution in [0.2, 0.25) is 0 Å². The first-order chi connectivity index (χ1) is 14.0. The van der Waals surface area contributed by atoms with Crippen molar-refractivity contribution in [2.75, 3.05) is 17.7 Å². The maximum absolute atomic E-state index is 14.7. The van der Waals surface area contributed by atoms with Gasteiger partial charge >= 0.3 is 6.03 Å². The number of carbonyl (C=O) groups excluding carboxylic acids is 1. The summed E-state index contributed by atoms with van der Waals surface area (Å²) in [6.45, 7) is 1.93. The molecule has 146 valence electrons. The lowest BCUT2D eigenvalue weighted by molar-refractivity contribution is 0.262. The van der Waals surface area contributed by atoms with Gasteiger partial charge in [0.25, 0.3) is 0 Å². The van der Waals surface area contributed by atoms with E-state index in [1.807, 2.05) is 13.1 Å². The van der Waals surface area contributed by atoms with E-state index >= 15 is 0 Å². The Morgan fingerprint density at radius 2 is 2.00 bits per heavy atom. The summed E-state index contributed by atoms with van der Waals surface area (Å²) in [7, 11) is 1.54. The molecular formula is C21H18FN5O2. The van der Waals surface area contributed by atoms with Crippen LogP contribution in [0.5, 0.6) is 5.75 Å². The number of hydrogen-bond donors (Lipinski definition) is 3. The van der Waals surface area contributed by atoms with Crippen molar-refractivity contribution in [1.29, 1.82) is 0 Å². The molecule has 0 aliphatic carbocycles. The first kappa shape index (κ1) is 18.4. The molecule has 2 aromatic carbocycles. The van der Waals surface area contributed by atoms with Crippen LogP contribution in [0.1, 0.15) is 5.56 Å². The molecule has 2 heterocycles. The van der Waals surface area contributed by atoms with Crippen molar-refractivity contribution < 1.29 is 13.9 Å². The number of urea groups is 1. The van der Waals surface area contributed by atoms with Crippen molar-refractivity contribution in [2.45, 2.75) is 6.92 Å². The van der Waals surface area contributed by atoms with Crippen LogP contribution >= 0.6 is 0 Å². The highest BCUT2D eigenvalue weighted by atomic mass is 19.1.